The molecule has 35 heavy (non-hydrogen) atoms. The van der Waals surface area contributed by atoms with Gasteiger partial charge in [0.1, 0.15) is 23.4 Å². The molecule has 1 amide bonds. The molecule has 0 radical (unpaired) electrons. The van der Waals surface area contributed by atoms with Gasteiger partial charge in [-0.1, -0.05) is 30.3 Å². The average molecular weight is 478 g/mol. The fraction of sp³-hybridized carbons (Fsp3) is 0.357. The molecule has 184 valence electrons. The maximum atomic E-state index is 12.6. The molecule has 1 N–H and O–H groups in total. The zero-order valence-corrected chi connectivity index (χ0v) is 20.1. The van der Waals surface area contributed by atoms with E-state index in [1.54, 1.807) is 31.3 Å². The molecule has 2 heterocycles. The summed E-state index contributed by atoms with van der Waals surface area (Å²) in [4.78, 5) is 24.8. The van der Waals surface area contributed by atoms with Crippen LogP contribution in [0.2, 0.25) is 0 Å². The predicted molar refractivity (Wildman–Crippen MR) is 131 cm³/mol. The van der Waals surface area contributed by atoms with Gasteiger partial charge < -0.3 is 23.9 Å². The second-order valence-electron chi connectivity index (χ2n) is 8.87. The smallest absolute Gasteiger partial charge is 0.305 e. The number of benzene rings is 2. The Balaban J connectivity index is 1.54. The van der Waals surface area contributed by atoms with Crippen LogP contribution in [0.1, 0.15) is 47.0 Å². The van der Waals surface area contributed by atoms with Crippen molar-refractivity contribution in [2.45, 2.75) is 32.3 Å². The molecule has 0 spiro atoms. The molecule has 0 bridgehead atoms. The molecule has 1 aromatic heterocycles. The highest BCUT2D eigenvalue weighted by Crippen LogP contribution is 2.39. The quantitative estimate of drug-likeness (QED) is 0.447. The van der Waals surface area contributed by atoms with Crippen molar-refractivity contribution in [2.75, 3.05) is 26.8 Å². The fourth-order valence-corrected chi connectivity index (χ4v) is 4.36. The molecule has 3 aromatic rings. The monoisotopic (exact) mass is 477 g/mol. The van der Waals surface area contributed by atoms with Crippen molar-refractivity contribution in [3.63, 3.8) is 0 Å². The van der Waals surface area contributed by atoms with E-state index in [1.165, 1.54) is 4.90 Å². The lowest BCUT2D eigenvalue weighted by atomic mass is 9.89. The van der Waals surface area contributed by atoms with E-state index in [2.05, 4.69) is 6.07 Å². The van der Waals surface area contributed by atoms with Gasteiger partial charge in [0, 0.05) is 49.4 Å². The molecule has 1 aliphatic heterocycles. The third-order valence-corrected chi connectivity index (χ3v) is 6.39. The lowest BCUT2D eigenvalue weighted by Crippen LogP contribution is -2.29. The molecular weight excluding hydrogens is 446 g/mol. The SMILES string of the molecule is Cc1oc(-c2ccccc2)cc1C(Oc1ccc(C(=O)N(C)CCC(=O)O)cc1)C1CCOCC1. The summed E-state index contributed by atoms with van der Waals surface area (Å²) in [5.41, 5.74) is 2.52. The predicted octanol–water partition coefficient (Wildman–Crippen LogP) is 5.35. The lowest BCUT2D eigenvalue weighted by molar-refractivity contribution is -0.137. The van der Waals surface area contributed by atoms with Gasteiger partial charge in [-0.25, -0.2) is 0 Å². The van der Waals surface area contributed by atoms with Crippen LogP contribution in [0.5, 0.6) is 5.75 Å². The van der Waals surface area contributed by atoms with Crippen LogP contribution in [0.25, 0.3) is 11.3 Å². The Bertz CT molecular complexity index is 1130. The number of carboxylic acids is 1. The minimum absolute atomic E-state index is 0.0920. The van der Waals surface area contributed by atoms with Gasteiger partial charge in [0.2, 0.25) is 0 Å². The Labute approximate surface area is 205 Å². The number of hydrogen-bond acceptors (Lipinski definition) is 5. The zero-order chi connectivity index (χ0) is 24.8. The van der Waals surface area contributed by atoms with Gasteiger partial charge in [-0.2, -0.15) is 0 Å². The first kappa shape index (κ1) is 24.5. The average Bonchev–Trinajstić information content (AvgIpc) is 3.28. The van der Waals surface area contributed by atoms with Crippen LogP contribution in [0.3, 0.4) is 0 Å². The van der Waals surface area contributed by atoms with E-state index in [9.17, 15) is 9.59 Å². The summed E-state index contributed by atoms with van der Waals surface area (Å²) in [7, 11) is 1.60. The number of amides is 1. The van der Waals surface area contributed by atoms with Gasteiger partial charge in [0.05, 0.1) is 6.42 Å². The molecule has 0 saturated carbocycles. The van der Waals surface area contributed by atoms with E-state index in [0.717, 1.165) is 35.5 Å². The van der Waals surface area contributed by atoms with Crippen LogP contribution in [-0.4, -0.2) is 48.7 Å². The first-order chi connectivity index (χ1) is 16.9. The van der Waals surface area contributed by atoms with Crippen molar-refractivity contribution in [1.29, 1.82) is 0 Å². The largest absolute Gasteiger partial charge is 0.485 e. The highest BCUT2D eigenvalue weighted by molar-refractivity contribution is 5.94. The van der Waals surface area contributed by atoms with Crippen molar-refractivity contribution in [3.05, 3.63) is 77.6 Å². The summed E-state index contributed by atoms with van der Waals surface area (Å²) in [5.74, 6) is 1.41. The van der Waals surface area contributed by atoms with E-state index >= 15 is 0 Å². The maximum absolute atomic E-state index is 12.6. The number of rotatable bonds is 9. The second kappa shape index (κ2) is 11.2. The summed E-state index contributed by atoms with van der Waals surface area (Å²) in [6.07, 6.45) is 1.48. The summed E-state index contributed by atoms with van der Waals surface area (Å²) in [6, 6.07) is 19.1. The van der Waals surface area contributed by atoms with Crippen molar-refractivity contribution in [3.8, 4) is 17.1 Å². The summed E-state index contributed by atoms with van der Waals surface area (Å²) < 4.78 is 18.2. The fourth-order valence-electron chi connectivity index (χ4n) is 4.36. The Kier molecular flexibility index (Phi) is 7.87. The molecule has 1 aliphatic rings. The molecule has 1 unspecified atom stereocenters. The van der Waals surface area contributed by atoms with E-state index < -0.39 is 5.97 Å². The van der Waals surface area contributed by atoms with Crippen molar-refractivity contribution < 1.29 is 28.6 Å². The van der Waals surface area contributed by atoms with E-state index in [1.807, 2.05) is 37.3 Å². The third-order valence-electron chi connectivity index (χ3n) is 6.39. The van der Waals surface area contributed by atoms with E-state index in [4.69, 9.17) is 19.0 Å². The number of furan rings is 1. The highest BCUT2D eigenvalue weighted by Gasteiger charge is 2.30. The van der Waals surface area contributed by atoms with Crippen molar-refractivity contribution in [1.82, 2.24) is 4.90 Å². The van der Waals surface area contributed by atoms with E-state index in [0.29, 0.717) is 24.5 Å². The molecule has 1 atom stereocenters. The van der Waals surface area contributed by atoms with Gasteiger partial charge in [-0.05, 0) is 50.1 Å². The van der Waals surface area contributed by atoms with Crippen molar-refractivity contribution in [2.24, 2.45) is 5.92 Å². The Morgan fingerprint density at radius 1 is 1.09 bits per heavy atom. The summed E-state index contributed by atoms with van der Waals surface area (Å²) in [6.45, 7) is 3.51. The maximum Gasteiger partial charge on any atom is 0.305 e. The van der Waals surface area contributed by atoms with Crippen LogP contribution in [0.15, 0.2) is 65.1 Å². The van der Waals surface area contributed by atoms with E-state index in [-0.39, 0.29) is 30.9 Å². The first-order valence-corrected chi connectivity index (χ1v) is 11.9. The zero-order valence-electron chi connectivity index (χ0n) is 20.1. The number of carbonyl (C=O) groups excluding carboxylic acids is 1. The normalized spacial score (nSPS) is 14.9. The van der Waals surface area contributed by atoms with Crippen LogP contribution in [-0.2, 0) is 9.53 Å². The van der Waals surface area contributed by atoms with Crippen LogP contribution in [0.4, 0.5) is 0 Å². The summed E-state index contributed by atoms with van der Waals surface area (Å²) >= 11 is 0. The number of carboxylic acid groups (broad SMARTS) is 1. The molecule has 4 rings (SSSR count). The minimum atomic E-state index is -0.933. The molecule has 7 nitrogen and oxygen atoms in total. The van der Waals surface area contributed by atoms with Gasteiger partial charge >= 0.3 is 5.97 Å². The van der Waals surface area contributed by atoms with Gasteiger partial charge in [-0.3, -0.25) is 9.59 Å². The molecule has 2 aromatic carbocycles. The number of aliphatic carboxylic acids is 1. The summed E-state index contributed by atoms with van der Waals surface area (Å²) in [5, 5.41) is 8.85. The van der Waals surface area contributed by atoms with Crippen LogP contribution < -0.4 is 4.74 Å². The molecule has 1 saturated heterocycles. The lowest BCUT2D eigenvalue weighted by Gasteiger charge is -2.30. The number of ether oxygens (including phenoxy) is 2. The van der Waals surface area contributed by atoms with Gasteiger partial charge in [0.25, 0.3) is 5.91 Å². The second-order valence-corrected chi connectivity index (χ2v) is 8.87. The standard InChI is InChI=1S/C28H31NO6/c1-19-24(18-25(34-19)20-6-4-3-5-7-20)27(21-13-16-33-17-14-21)35-23-10-8-22(9-11-23)28(32)29(2)15-12-26(30)31/h3-11,18,21,27H,12-17H2,1-2H3,(H,30,31). The van der Waals surface area contributed by atoms with Gasteiger partial charge in [-0.15, -0.1) is 0 Å². The molecular formula is C28H31NO6. The van der Waals surface area contributed by atoms with Crippen LogP contribution >= 0.6 is 0 Å². The van der Waals surface area contributed by atoms with Crippen LogP contribution in [0, 0.1) is 12.8 Å². The highest BCUT2D eigenvalue weighted by atomic mass is 16.5. The minimum Gasteiger partial charge on any atom is -0.485 e. The topological polar surface area (TPSA) is 89.2 Å². The number of hydrogen-bond donors (Lipinski definition) is 1. The first-order valence-electron chi connectivity index (χ1n) is 11.9. The Hall–Kier alpha value is -3.58. The third kappa shape index (κ3) is 6.11. The Morgan fingerprint density at radius 2 is 1.77 bits per heavy atom. The molecule has 1 fully saturated rings. The number of carbonyl (C=O) groups is 2. The van der Waals surface area contributed by atoms with Crippen molar-refractivity contribution >= 4 is 11.9 Å². The molecule has 0 aliphatic carbocycles. The Morgan fingerprint density at radius 3 is 2.43 bits per heavy atom. The van der Waals surface area contributed by atoms with Gasteiger partial charge in [0.15, 0.2) is 0 Å². The number of aryl methyl sites for hydroxylation is 1. The number of nitrogens with zero attached hydrogens (tertiary/aromatic N) is 1. The molecule has 7 heteroatoms.